The predicted molar refractivity (Wildman–Crippen MR) is 260 cm³/mol. The predicted octanol–water partition coefficient (Wildman–Crippen LogP) is -2.17. The molecule has 79 heavy (non-hydrogen) atoms. The molecule has 3 unspecified atom stereocenters. The van der Waals surface area contributed by atoms with Gasteiger partial charge in [0.15, 0.2) is 22.6 Å². The minimum atomic E-state index is -5.35. The lowest BCUT2D eigenvalue weighted by Crippen LogP contribution is -2.33. The van der Waals surface area contributed by atoms with Crippen molar-refractivity contribution in [2.45, 2.75) is 106 Å². The van der Waals surface area contributed by atoms with E-state index in [9.17, 15) is 57.8 Å². The van der Waals surface area contributed by atoms with Gasteiger partial charge in [0.1, 0.15) is 85.3 Å². The Hall–Kier alpha value is -6.05. The average molecular weight is 1170 g/mol. The minimum absolute atomic E-state index is 0.00374. The maximum atomic E-state index is 13.9. The third kappa shape index (κ3) is 12.2. The average Bonchev–Trinajstić information content (AvgIpc) is 4.47. The molecule has 15 atom stereocenters. The molecule has 0 aromatic carbocycles. The minimum Gasteiger partial charge on any atom is -0.394 e. The summed E-state index contributed by atoms with van der Waals surface area (Å²) in [6.07, 6.45) is -10.9. The fraction of sp³-hybridized carbons (Fsp3) is 0.538. The number of aromatic amines is 2. The number of H-pyrrole nitrogens is 2. The van der Waals surface area contributed by atoms with Crippen LogP contribution >= 0.6 is 23.5 Å². The first kappa shape index (κ1) is 56.2. The summed E-state index contributed by atoms with van der Waals surface area (Å²) in [6.45, 7) is -1.85. The number of hydrogen-bond acceptors (Lipinski definition) is 28. The Balaban J connectivity index is 0.824. The summed E-state index contributed by atoms with van der Waals surface area (Å²) in [5, 5.41) is 20.9. The number of imidazole rings is 2. The van der Waals surface area contributed by atoms with Crippen LogP contribution in [0.25, 0.3) is 22.3 Å². The van der Waals surface area contributed by atoms with Crippen LogP contribution in [-0.2, 0) is 59.8 Å². The number of nitrogens with one attached hydrogen (secondary N) is 2. The summed E-state index contributed by atoms with van der Waals surface area (Å²) in [4.78, 5) is 111. The number of fused-ring (bicyclic) bond motifs is 2. The first-order chi connectivity index (χ1) is 37.4. The molecule has 40 heteroatoms. The molecule has 4 aliphatic rings. The highest BCUT2D eigenvalue weighted by molar-refractivity contribution is 7.48. The Bertz CT molecular complexity index is 3650. The third-order valence-corrected chi connectivity index (χ3v) is 16.1. The SMILES string of the molecule is Cc1cn([C@H]2C[C@H](O)[C@@H](COP(=O)(O)O[C@H]3C[C@H](n4ccc(N)nc4=O)O[C@@H]3COP(=O)(O)O[C@H]3C[C@H](n4cnc5c(N)ncnc54)O[C@@H]3COP(=O)(O)O[C@H]3C[C@H](n4cnc5c(=O)[nH]c(N)nc54)O[C@@H]3CO)O2)c(=O)[nH]c1=O. The molecule has 0 amide bonds. The maximum absolute atomic E-state index is 13.9. The normalized spacial score (nSPS) is 29.5. The zero-order valence-electron chi connectivity index (χ0n) is 40.8. The second-order valence-corrected chi connectivity index (χ2v) is 22.5. The van der Waals surface area contributed by atoms with Gasteiger partial charge in [0.2, 0.25) is 5.95 Å². The van der Waals surface area contributed by atoms with Crippen molar-refractivity contribution in [3.8, 4) is 0 Å². The Morgan fingerprint density at radius 1 is 0.646 bits per heavy atom. The number of nitrogens with zero attached hydrogens (tertiary/aromatic N) is 10. The summed E-state index contributed by atoms with van der Waals surface area (Å²) in [6, 6.07) is 1.26. The quantitative estimate of drug-likeness (QED) is 0.0364. The number of nitrogen functional groups attached to an aromatic ring is 3. The molecular weight excluding hydrogens is 1120 g/mol. The Morgan fingerprint density at radius 2 is 1.16 bits per heavy atom. The van der Waals surface area contributed by atoms with Crippen LogP contribution in [0, 0.1) is 6.92 Å². The smallest absolute Gasteiger partial charge is 0.394 e. The van der Waals surface area contributed by atoms with Crippen molar-refractivity contribution in [1.82, 2.24) is 58.1 Å². The van der Waals surface area contributed by atoms with Gasteiger partial charge in [-0.3, -0.25) is 65.0 Å². The highest BCUT2D eigenvalue weighted by Gasteiger charge is 2.48. The van der Waals surface area contributed by atoms with E-state index in [2.05, 4.69) is 39.9 Å². The molecule has 10 rings (SSSR count). The Morgan fingerprint density at radius 3 is 1.76 bits per heavy atom. The van der Waals surface area contributed by atoms with E-state index in [4.69, 9.17) is 63.3 Å². The van der Waals surface area contributed by atoms with Gasteiger partial charge in [-0.2, -0.15) is 9.97 Å². The first-order valence-electron chi connectivity index (χ1n) is 23.6. The molecular formula is C39H50N15O22P3. The molecule has 6 aromatic rings. The summed E-state index contributed by atoms with van der Waals surface area (Å²) in [5.74, 6) is -0.371. The van der Waals surface area contributed by atoms with Gasteiger partial charge in [0.25, 0.3) is 11.1 Å². The van der Waals surface area contributed by atoms with Crippen LogP contribution in [0.1, 0.15) is 56.2 Å². The van der Waals surface area contributed by atoms with Crippen LogP contribution in [0.15, 0.2) is 56.6 Å². The Labute approximate surface area is 439 Å². The van der Waals surface area contributed by atoms with E-state index in [1.54, 1.807) is 0 Å². The largest absolute Gasteiger partial charge is 0.472 e. The van der Waals surface area contributed by atoms with Crippen molar-refractivity contribution < 1.29 is 84.7 Å². The van der Waals surface area contributed by atoms with Gasteiger partial charge in [-0.15, -0.1) is 0 Å². The molecule has 37 nitrogen and oxygen atoms in total. The first-order valence-corrected chi connectivity index (χ1v) is 28.1. The van der Waals surface area contributed by atoms with Crippen molar-refractivity contribution in [3.05, 3.63) is 84.7 Å². The van der Waals surface area contributed by atoms with Crippen LogP contribution in [0.5, 0.6) is 0 Å². The van der Waals surface area contributed by atoms with Gasteiger partial charge >= 0.3 is 34.8 Å². The summed E-state index contributed by atoms with van der Waals surface area (Å²) in [7, 11) is -15.7. The molecule has 4 fully saturated rings. The zero-order valence-corrected chi connectivity index (χ0v) is 43.5. The number of anilines is 3. The van der Waals surface area contributed by atoms with E-state index in [1.807, 2.05) is 0 Å². The highest BCUT2D eigenvalue weighted by Crippen LogP contribution is 2.54. The number of aromatic nitrogens is 12. The number of hydrogen-bond donors (Lipinski definition) is 10. The number of aliphatic hydroxyl groups excluding tert-OH is 2. The number of nitrogens with two attached hydrogens (primary N) is 3. The molecule has 4 saturated heterocycles. The van der Waals surface area contributed by atoms with Gasteiger partial charge in [-0.1, -0.05) is 0 Å². The fourth-order valence-electron chi connectivity index (χ4n) is 9.23. The van der Waals surface area contributed by atoms with Crippen molar-refractivity contribution in [1.29, 1.82) is 0 Å². The lowest BCUT2D eigenvalue weighted by Gasteiger charge is -2.25. The van der Waals surface area contributed by atoms with Crippen LogP contribution in [0.3, 0.4) is 0 Å². The van der Waals surface area contributed by atoms with E-state index in [1.165, 1.54) is 47.2 Å². The van der Waals surface area contributed by atoms with Gasteiger partial charge in [0, 0.05) is 43.6 Å². The molecule has 428 valence electrons. The van der Waals surface area contributed by atoms with Crippen LogP contribution in [0.4, 0.5) is 17.6 Å². The van der Waals surface area contributed by atoms with Crippen LogP contribution in [-0.4, -0.2) is 158 Å². The van der Waals surface area contributed by atoms with E-state index in [0.717, 1.165) is 15.5 Å². The molecule has 0 aliphatic carbocycles. The van der Waals surface area contributed by atoms with Crippen LogP contribution in [0.2, 0.25) is 0 Å². The molecule has 0 spiro atoms. The van der Waals surface area contributed by atoms with Gasteiger partial charge in [-0.25, -0.2) is 43.2 Å². The summed E-state index contributed by atoms with van der Waals surface area (Å²) < 4.78 is 102. The van der Waals surface area contributed by atoms with E-state index < -0.39 is 153 Å². The highest BCUT2D eigenvalue weighted by atomic mass is 31.2. The van der Waals surface area contributed by atoms with Gasteiger partial charge in [0.05, 0.1) is 45.2 Å². The number of phosphoric acid groups is 3. The molecule has 0 radical (unpaired) electrons. The monoisotopic (exact) mass is 1170 g/mol. The van der Waals surface area contributed by atoms with E-state index in [0.29, 0.717) is 0 Å². The number of phosphoric ester groups is 3. The third-order valence-electron chi connectivity index (χ3n) is 13.0. The second kappa shape index (κ2) is 22.1. The van der Waals surface area contributed by atoms with Crippen molar-refractivity contribution in [2.75, 3.05) is 43.6 Å². The van der Waals surface area contributed by atoms with E-state index in [-0.39, 0.29) is 64.7 Å². The zero-order chi connectivity index (χ0) is 56.3. The fourth-order valence-corrected chi connectivity index (χ4v) is 12.1. The number of rotatable bonds is 20. The summed E-state index contributed by atoms with van der Waals surface area (Å²) >= 11 is 0. The number of ether oxygens (including phenoxy) is 4. The van der Waals surface area contributed by atoms with Crippen molar-refractivity contribution in [2.24, 2.45) is 0 Å². The topological polar surface area (TPSA) is 520 Å². The Kier molecular flexibility index (Phi) is 15.7. The van der Waals surface area contributed by atoms with Crippen LogP contribution < -0.4 is 39.7 Å². The van der Waals surface area contributed by atoms with Crippen molar-refractivity contribution in [3.63, 3.8) is 0 Å². The van der Waals surface area contributed by atoms with E-state index >= 15 is 0 Å². The number of aryl methyl sites for hydroxylation is 1. The molecule has 13 N–H and O–H groups in total. The molecule has 0 saturated carbocycles. The molecule has 4 aliphatic heterocycles. The lowest BCUT2D eigenvalue weighted by atomic mass is 10.2. The lowest BCUT2D eigenvalue weighted by molar-refractivity contribution is -0.0632. The second-order valence-electron chi connectivity index (χ2n) is 18.3. The standard InChI is InChI=1S/C39H50N15O22P3/c1-16-8-52(39(60)50-35(16)57)26-4-17(56)22(71-26)10-67-77(61,62)75-19-6-27(51-3-2-25(40)47-38(51)59)72-23(19)11-69-79(65,66)76-20-7-28(53-14-45-30-32(41)43-13-44-33(30)53)73-24(20)12-68-78(63,64)74-18-5-29(70-21(18)9-55)54-15-46-31-34(54)48-37(42)49-36(31)58/h2-3,8,13-15,17-24,26-29,55-56H,4-7,9-12H2,1H3,(H,61,62)(H,63,64)(H,65,66)(H2,40,47,59)(H2,41,43,44)(H,50,57,60)(H3,42,48,49,58)/t17-,18-,19-,20-,21+,22+,23+,24+,26+,27+,28+,29+/m0/s1. The maximum Gasteiger partial charge on any atom is 0.472 e. The molecule has 10 heterocycles. The molecule has 6 aromatic heterocycles. The summed E-state index contributed by atoms with van der Waals surface area (Å²) in [5.41, 5.74) is 14.8. The van der Waals surface area contributed by atoms with Crippen molar-refractivity contribution >= 4 is 63.4 Å². The van der Waals surface area contributed by atoms with Gasteiger partial charge in [-0.05, 0) is 13.0 Å². The molecule has 0 bridgehead atoms. The number of aliphatic hydroxyl groups is 2. The van der Waals surface area contributed by atoms with Gasteiger partial charge < -0.3 is 61.0 Å².